The largest absolute Gasteiger partial charge is 0.374 e. The molecule has 0 spiro atoms. The topological polar surface area (TPSA) is 29.3 Å². The highest BCUT2D eigenvalue weighted by Crippen LogP contribution is 2.25. The fraction of sp³-hybridized carbons (Fsp3) is 0.600. The molecule has 0 aliphatic rings. The van der Waals surface area contributed by atoms with Gasteiger partial charge in [0.1, 0.15) is 5.82 Å². The Balaban J connectivity index is 2.99. The predicted octanol–water partition coefficient (Wildman–Crippen LogP) is 3.20. The van der Waals surface area contributed by atoms with E-state index in [1.807, 2.05) is 20.0 Å². The van der Waals surface area contributed by atoms with Crippen LogP contribution in [0.1, 0.15) is 33.3 Å². The van der Waals surface area contributed by atoms with Gasteiger partial charge in [0.25, 0.3) is 0 Å². The molecule has 1 unspecified atom stereocenters. The second kappa shape index (κ2) is 5.70. The molecule has 0 heterocycles. The van der Waals surface area contributed by atoms with Crippen LogP contribution in [0.3, 0.4) is 0 Å². The third-order valence-corrected chi connectivity index (χ3v) is 2.71. The van der Waals surface area contributed by atoms with Gasteiger partial charge in [-0.1, -0.05) is 20.8 Å². The van der Waals surface area contributed by atoms with Crippen LogP contribution in [-0.2, 0) is 6.42 Å². The lowest BCUT2D eigenvalue weighted by molar-refractivity contribution is 0.418. The number of hydrogen-bond acceptors (Lipinski definition) is 2. The maximum Gasteiger partial charge on any atom is 0.123 e. The summed E-state index contributed by atoms with van der Waals surface area (Å²) in [5.41, 5.74) is 8.09. The standard InChI is InChI=1S/C15H25FN2/c1-11(17)8-12-9-13(16)6-7-14(12)18(5)10-15(2,3)4/h6-7,9,11H,8,10,17H2,1-5H3. The summed E-state index contributed by atoms with van der Waals surface area (Å²) < 4.78 is 13.3. The number of rotatable bonds is 4. The van der Waals surface area contributed by atoms with Crippen LogP contribution in [-0.4, -0.2) is 19.6 Å². The molecule has 0 aliphatic heterocycles. The SMILES string of the molecule is CC(N)Cc1cc(F)ccc1N(C)CC(C)(C)C. The van der Waals surface area contributed by atoms with Gasteiger partial charge in [-0.15, -0.1) is 0 Å². The number of nitrogens with two attached hydrogens (primary N) is 1. The first-order chi connectivity index (χ1) is 8.19. The van der Waals surface area contributed by atoms with Crippen LogP contribution in [0.4, 0.5) is 10.1 Å². The minimum absolute atomic E-state index is 0.0357. The zero-order valence-electron chi connectivity index (χ0n) is 12.1. The summed E-state index contributed by atoms with van der Waals surface area (Å²) in [7, 11) is 2.04. The number of benzene rings is 1. The molecule has 1 rings (SSSR count). The zero-order chi connectivity index (χ0) is 13.9. The Labute approximate surface area is 110 Å². The predicted molar refractivity (Wildman–Crippen MR) is 76.5 cm³/mol. The molecule has 0 aliphatic carbocycles. The van der Waals surface area contributed by atoms with E-state index in [1.54, 1.807) is 6.07 Å². The fourth-order valence-corrected chi connectivity index (χ4v) is 2.23. The molecule has 0 radical (unpaired) electrons. The third-order valence-electron chi connectivity index (χ3n) is 2.71. The van der Waals surface area contributed by atoms with Crippen molar-refractivity contribution in [3.8, 4) is 0 Å². The van der Waals surface area contributed by atoms with Gasteiger partial charge in [0.05, 0.1) is 0 Å². The monoisotopic (exact) mass is 252 g/mol. The molecule has 102 valence electrons. The fourth-order valence-electron chi connectivity index (χ4n) is 2.23. The van der Waals surface area contributed by atoms with Gasteiger partial charge >= 0.3 is 0 Å². The molecule has 2 N–H and O–H groups in total. The number of nitrogens with zero attached hydrogens (tertiary/aromatic N) is 1. The molecule has 0 saturated heterocycles. The minimum Gasteiger partial charge on any atom is -0.374 e. The van der Waals surface area contributed by atoms with E-state index >= 15 is 0 Å². The normalized spacial score (nSPS) is 13.5. The highest BCUT2D eigenvalue weighted by molar-refractivity contribution is 5.53. The van der Waals surface area contributed by atoms with Crippen LogP contribution in [0.25, 0.3) is 0 Å². The molecule has 1 atom stereocenters. The van der Waals surface area contributed by atoms with E-state index in [9.17, 15) is 4.39 Å². The van der Waals surface area contributed by atoms with Crippen LogP contribution >= 0.6 is 0 Å². The van der Waals surface area contributed by atoms with Crippen molar-refractivity contribution in [2.45, 2.75) is 40.2 Å². The Morgan fingerprint density at radius 2 is 1.94 bits per heavy atom. The number of anilines is 1. The Bertz CT molecular complexity index is 394. The zero-order valence-corrected chi connectivity index (χ0v) is 12.1. The summed E-state index contributed by atoms with van der Waals surface area (Å²) in [6.45, 7) is 9.44. The van der Waals surface area contributed by atoms with E-state index in [-0.39, 0.29) is 17.3 Å². The summed E-state index contributed by atoms with van der Waals surface area (Å²) in [6.07, 6.45) is 0.696. The molecule has 18 heavy (non-hydrogen) atoms. The van der Waals surface area contributed by atoms with Gasteiger partial charge < -0.3 is 10.6 Å². The lowest BCUT2D eigenvalue weighted by atomic mass is 9.95. The molecule has 0 saturated carbocycles. The summed E-state index contributed by atoms with van der Waals surface area (Å²) in [5.74, 6) is -0.196. The second-order valence-corrected chi connectivity index (χ2v) is 6.37. The molecule has 1 aromatic carbocycles. The highest BCUT2D eigenvalue weighted by atomic mass is 19.1. The molecule has 0 amide bonds. The molecular formula is C15H25FN2. The molecule has 0 fully saturated rings. The van der Waals surface area contributed by atoms with Crippen molar-refractivity contribution in [2.75, 3.05) is 18.5 Å². The molecule has 1 aromatic rings. The Morgan fingerprint density at radius 3 is 2.44 bits per heavy atom. The Hall–Kier alpha value is -1.09. The van der Waals surface area contributed by atoms with Gasteiger partial charge in [0.2, 0.25) is 0 Å². The van der Waals surface area contributed by atoms with Crippen LogP contribution < -0.4 is 10.6 Å². The van der Waals surface area contributed by atoms with Gasteiger partial charge in [0.15, 0.2) is 0 Å². The first-order valence-electron chi connectivity index (χ1n) is 6.44. The van der Waals surface area contributed by atoms with Gasteiger partial charge in [0, 0.05) is 25.3 Å². The van der Waals surface area contributed by atoms with Gasteiger partial charge in [-0.05, 0) is 42.5 Å². The summed E-state index contributed by atoms with van der Waals surface area (Å²) >= 11 is 0. The first-order valence-corrected chi connectivity index (χ1v) is 6.44. The lowest BCUT2D eigenvalue weighted by Gasteiger charge is -2.30. The first kappa shape index (κ1) is 15.0. The van der Waals surface area contributed by atoms with E-state index < -0.39 is 0 Å². The van der Waals surface area contributed by atoms with E-state index in [0.29, 0.717) is 6.42 Å². The van der Waals surface area contributed by atoms with Crippen molar-refractivity contribution in [3.05, 3.63) is 29.6 Å². The van der Waals surface area contributed by atoms with Gasteiger partial charge in [-0.2, -0.15) is 0 Å². The van der Waals surface area contributed by atoms with Crippen molar-refractivity contribution in [1.82, 2.24) is 0 Å². The smallest absolute Gasteiger partial charge is 0.123 e. The van der Waals surface area contributed by atoms with Crippen molar-refractivity contribution in [1.29, 1.82) is 0 Å². The Kier molecular flexibility index (Phi) is 4.74. The van der Waals surface area contributed by atoms with E-state index in [0.717, 1.165) is 17.8 Å². The lowest BCUT2D eigenvalue weighted by Crippen LogP contribution is -2.30. The molecule has 2 nitrogen and oxygen atoms in total. The van der Waals surface area contributed by atoms with Crippen molar-refractivity contribution in [2.24, 2.45) is 11.1 Å². The molecule has 0 aromatic heterocycles. The van der Waals surface area contributed by atoms with E-state index in [4.69, 9.17) is 5.73 Å². The number of halogens is 1. The summed E-state index contributed by atoms with van der Waals surface area (Å²) in [5, 5.41) is 0. The second-order valence-electron chi connectivity index (χ2n) is 6.37. The average molecular weight is 252 g/mol. The van der Waals surface area contributed by atoms with E-state index in [1.165, 1.54) is 6.07 Å². The molecule has 3 heteroatoms. The maximum atomic E-state index is 13.3. The van der Waals surface area contributed by atoms with E-state index in [2.05, 4.69) is 25.7 Å². The van der Waals surface area contributed by atoms with Crippen molar-refractivity contribution >= 4 is 5.69 Å². The van der Waals surface area contributed by atoms with Crippen molar-refractivity contribution in [3.63, 3.8) is 0 Å². The van der Waals surface area contributed by atoms with Crippen LogP contribution in [0.2, 0.25) is 0 Å². The van der Waals surface area contributed by atoms with Crippen LogP contribution in [0, 0.1) is 11.2 Å². The summed E-state index contributed by atoms with van der Waals surface area (Å²) in [4.78, 5) is 2.18. The quantitative estimate of drug-likeness (QED) is 0.891. The average Bonchev–Trinajstić information content (AvgIpc) is 2.13. The maximum absolute atomic E-state index is 13.3. The van der Waals surface area contributed by atoms with Crippen molar-refractivity contribution < 1.29 is 4.39 Å². The van der Waals surface area contributed by atoms with Gasteiger partial charge in [-0.25, -0.2) is 4.39 Å². The van der Waals surface area contributed by atoms with Gasteiger partial charge in [-0.3, -0.25) is 0 Å². The van der Waals surface area contributed by atoms with Crippen LogP contribution in [0.5, 0.6) is 0 Å². The summed E-state index contributed by atoms with van der Waals surface area (Å²) in [6, 6.07) is 4.99. The minimum atomic E-state index is -0.196. The Morgan fingerprint density at radius 1 is 1.33 bits per heavy atom. The third kappa shape index (κ3) is 4.65. The highest BCUT2D eigenvalue weighted by Gasteiger charge is 2.16. The number of hydrogen-bond donors (Lipinski definition) is 1. The van der Waals surface area contributed by atoms with Crippen LogP contribution in [0.15, 0.2) is 18.2 Å². The molecular weight excluding hydrogens is 227 g/mol. The molecule has 0 bridgehead atoms.